The summed E-state index contributed by atoms with van der Waals surface area (Å²) < 4.78 is 24.3. The van der Waals surface area contributed by atoms with Crippen LogP contribution in [0.4, 0.5) is 0 Å². The standard InChI is InChI=1S/C15H17BrN2O2S/c1-21(19,20)14-4-2-3-12(10-14)15(18-17)9-11-5-7-13(16)8-6-11/h2-8,10,15,18H,9,17H2,1H3. The Morgan fingerprint density at radius 3 is 2.43 bits per heavy atom. The Morgan fingerprint density at radius 2 is 1.86 bits per heavy atom. The molecular formula is C15H17BrN2O2S. The summed E-state index contributed by atoms with van der Waals surface area (Å²) in [5.74, 6) is 5.63. The number of halogens is 1. The lowest BCUT2D eigenvalue weighted by molar-refractivity contribution is 0.550. The maximum absolute atomic E-state index is 11.6. The van der Waals surface area contributed by atoms with E-state index in [1.807, 2.05) is 30.3 Å². The molecule has 6 heteroatoms. The Bertz CT molecular complexity index is 715. The Morgan fingerprint density at radius 1 is 1.19 bits per heavy atom. The molecule has 2 aromatic rings. The van der Waals surface area contributed by atoms with Crippen LogP contribution in [0.25, 0.3) is 0 Å². The molecule has 0 radical (unpaired) electrons. The second-order valence-corrected chi connectivity index (χ2v) is 7.83. The van der Waals surface area contributed by atoms with E-state index in [9.17, 15) is 8.42 Å². The Balaban J connectivity index is 2.27. The molecule has 0 saturated heterocycles. The van der Waals surface area contributed by atoms with Crippen molar-refractivity contribution >= 4 is 25.8 Å². The third-order valence-electron chi connectivity index (χ3n) is 3.24. The van der Waals surface area contributed by atoms with Crippen molar-refractivity contribution < 1.29 is 8.42 Å². The van der Waals surface area contributed by atoms with Crippen molar-refractivity contribution in [1.82, 2.24) is 5.43 Å². The molecule has 112 valence electrons. The molecule has 2 rings (SSSR count). The summed E-state index contributed by atoms with van der Waals surface area (Å²) in [4.78, 5) is 0.302. The summed E-state index contributed by atoms with van der Waals surface area (Å²) in [7, 11) is -3.22. The molecule has 4 nitrogen and oxygen atoms in total. The second kappa shape index (κ2) is 6.70. The molecular weight excluding hydrogens is 352 g/mol. The topological polar surface area (TPSA) is 72.2 Å². The second-order valence-electron chi connectivity index (χ2n) is 4.89. The lowest BCUT2D eigenvalue weighted by Crippen LogP contribution is -2.29. The molecule has 0 bridgehead atoms. The molecule has 0 amide bonds. The molecule has 3 N–H and O–H groups in total. The largest absolute Gasteiger partial charge is 0.271 e. The van der Waals surface area contributed by atoms with E-state index in [4.69, 9.17) is 5.84 Å². The van der Waals surface area contributed by atoms with E-state index in [2.05, 4.69) is 21.4 Å². The molecule has 0 saturated carbocycles. The van der Waals surface area contributed by atoms with Crippen LogP contribution in [0.1, 0.15) is 17.2 Å². The Labute approximate surface area is 133 Å². The summed E-state index contributed by atoms with van der Waals surface area (Å²) in [6.45, 7) is 0. The molecule has 0 aliphatic heterocycles. The maximum Gasteiger partial charge on any atom is 0.175 e. The Kier molecular flexibility index (Phi) is 5.16. The molecule has 0 aliphatic carbocycles. The number of hydrogen-bond donors (Lipinski definition) is 2. The summed E-state index contributed by atoms with van der Waals surface area (Å²) in [6.07, 6.45) is 1.88. The molecule has 1 unspecified atom stereocenters. The van der Waals surface area contributed by atoms with Gasteiger partial charge in [-0.2, -0.15) is 0 Å². The number of hydrogen-bond acceptors (Lipinski definition) is 4. The van der Waals surface area contributed by atoms with Gasteiger partial charge < -0.3 is 0 Å². The first-order valence-corrected chi connectivity index (χ1v) is 9.09. The first-order chi connectivity index (χ1) is 9.90. The van der Waals surface area contributed by atoms with Crippen LogP contribution in [0.5, 0.6) is 0 Å². The normalized spacial score (nSPS) is 13.1. The number of nitrogens with two attached hydrogens (primary N) is 1. The van der Waals surface area contributed by atoms with Gasteiger partial charge in [-0.25, -0.2) is 8.42 Å². The minimum Gasteiger partial charge on any atom is -0.271 e. The highest BCUT2D eigenvalue weighted by Gasteiger charge is 2.14. The molecule has 1 atom stereocenters. The van der Waals surface area contributed by atoms with Gasteiger partial charge in [0.25, 0.3) is 0 Å². The molecule has 21 heavy (non-hydrogen) atoms. The number of rotatable bonds is 5. The van der Waals surface area contributed by atoms with Crippen molar-refractivity contribution in [1.29, 1.82) is 0 Å². The minimum absolute atomic E-state index is 0.145. The van der Waals surface area contributed by atoms with E-state index in [1.165, 1.54) is 6.26 Å². The zero-order chi connectivity index (χ0) is 15.5. The average Bonchev–Trinajstić information content (AvgIpc) is 2.46. The van der Waals surface area contributed by atoms with Crippen LogP contribution in [0.15, 0.2) is 57.9 Å². The minimum atomic E-state index is -3.22. The van der Waals surface area contributed by atoms with Crippen LogP contribution >= 0.6 is 15.9 Å². The predicted molar refractivity (Wildman–Crippen MR) is 87.5 cm³/mol. The van der Waals surface area contributed by atoms with Gasteiger partial charge in [-0.1, -0.05) is 40.2 Å². The van der Waals surface area contributed by atoms with Gasteiger partial charge in [0.2, 0.25) is 0 Å². The van der Waals surface area contributed by atoms with Gasteiger partial charge in [-0.05, 0) is 41.8 Å². The highest BCUT2D eigenvalue weighted by atomic mass is 79.9. The number of nitrogens with one attached hydrogen (secondary N) is 1. The maximum atomic E-state index is 11.6. The summed E-state index contributed by atoms with van der Waals surface area (Å²) in [6, 6.07) is 14.7. The Hall–Kier alpha value is -1.21. The first-order valence-electron chi connectivity index (χ1n) is 6.41. The number of sulfone groups is 1. The summed E-state index contributed by atoms with van der Waals surface area (Å²) in [5, 5.41) is 0. The molecule has 2 aromatic carbocycles. The molecule has 0 aromatic heterocycles. The van der Waals surface area contributed by atoms with Crippen molar-refractivity contribution in [2.75, 3.05) is 6.26 Å². The van der Waals surface area contributed by atoms with Crippen LogP contribution in [0.3, 0.4) is 0 Å². The van der Waals surface area contributed by atoms with Crippen LogP contribution < -0.4 is 11.3 Å². The van der Waals surface area contributed by atoms with Gasteiger partial charge in [0, 0.05) is 10.7 Å². The summed E-state index contributed by atoms with van der Waals surface area (Å²) >= 11 is 3.40. The predicted octanol–water partition coefficient (Wildman–Crippen LogP) is 2.60. The fourth-order valence-corrected chi connectivity index (χ4v) is 3.03. The van der Waals surface area contributed by atoms with E-state index in [-0.39, 0.29) is 6.04 Å². The lowest BCUT2D eigenvalue weighted by Gasteiger charge is -2.17. The number of hydrazine groups is 1. The molecule has 0 heterocycles. The first kappa shape index (κ1) is 16.2. The highest BCUT2D eigenvalue weighted by Crippen LogP contribution is 2.22. The van der Waals surface area contributed by atoms with Crippen molar-refractivity contribution in [2.45, 2.75) is 17.4 Å². The van der Waals surface area contributed by atoms with E-state index in [0.29, 0.717) is 11.3 Å². The lowest BCUT2D eigenvalue weighted by atomic mass is 9.99. The third-order valence-corrected chi connectivity index (χ3v) is 4.88. The zero-order valence-electron chi connectivity index (χ0n) is 11.6. The third kappa shape index (κ3) is 4.38. The zero-order valence-corrected chi connectivity index (χ0v) is 14.0. The number of benzene rings is 2. The van der Waals surface area contributed by atoms with Crippen LogP contribution in [-0.2, 0) is 16.3 Å². The van der Waals surface area contributed by atoms with Gasteiger partial charge >= 0.3 is 0 Å². The van der Waals surface area contributed by atoms with Crippen molar-refractivity contribution in [3.05, 3.63) is 64.1 Å². The summed E-state index contributed by atoms with van der Waals surface area (Å²) in [5.41, 5.74) is 4.72. The highest BCUT2D eigenvalue weighted by molar-refractivity contribution is 9.10. The molecule has 0 fully saturated rings. The van der Waals surface area contributed by atoms with Crippen molar-refractivity contribution in [3.8, 4) is 0 Å². The van der Waals surface area contributed by atoms with Gasteiger partial charge in [0.15, 0.2) is 9.84 Å². The van der Waals surface area contributed by atoms with Crippen molar-refractivity contribution in [3.63, 3.8) is 0 Å². The van der Waals surface area contributed by atoms with Crippen LogP contribution in [-0.4, -0.2) is 14.7 Å². The van der Waals surface area contributed by atoms with Crippen LogP contribution in [0.2, 0.25) is 0 Å². The van der Waals surface area contributed by atoms with Gasteiger partial charge in [-0.3, -0.25) is 11.3 Å². The fraction of sp³-hybridized carbons (Fsp3) is 0.200. The van der Waals surface area contributed by atoms with Gasteiger partial charge in [-0.15, -0.1) is 0 Å². The molecule has 0 spiro atoms. The van der Waals surface area contributed by atoms with E-state index < -0.39 is 9.84 Å². The smallest absolute Gasteiger partial charge is 0.175 e. The van der Waals surface area contributed by atoms with Gasteiger partial charge in [0.1, 0.15) is 0 Å². The van der Waals surface area contributed by atoms with Gasteiger partial charge in [0.05, 0.1) is 10.9 Å². The van der Waals surface area contributed by atoms with E-state index in [1.54, 1.807) is 18.2 Å². The molecule has 0 aliphatic rings. The van der Waals surface area contributed by atoms with E-state index >= 15 is 0 Å². The fourth-order valence-electron chi connectivity index (χ4n) is 2.09. The SMILES string of the molecule is CS(=O)(=O)c1cccc(C(Cc2ccc(Br)cc2)NN)c1. The van der Waals surface area contributed by atoms with Crippen molar-refractivity contribution in [2.24, 2.45) is 5.84 Å². The monoisotopic (exact) mass is 368 g/mol. The average molecular weight is 369 g/mol. The quantitative estimate of drug-likeness (QED) is 0.628. The van der Waals surface area contributed by atoms with Crippen LogP contribution in [0, 0.1) is 0 Å². The van der Waals surface area contributed by atoms with E-state index in [0.717, 1.165) is 15.6 Å².